The molecule has 1 aromatic rings. The van der Waals surface area contributed by atoms with Crippen LogP contribution in [0.2, 0.25) is 0 Å². The summed E-state index contributed by atoms with van der Waals surface area (Å²) in [6.45, 7) is 4.10. The largest absolute Gasteiger partial charge is 0.513 e. The van der Waals surface area contributed by atoms with Gasteiger partial charge in [-0.2, -0.15) is 57.1 Å². The second-order valence-corrected chi connectivity index (χ2v) is 10.7. The van der Waals surface area contributed by atoms with Gasteiger partial charge in [0.15, 0.2) is 0 Å². The van der Waals surface area contributed by atoms with E-state index in [1.54, 1.807) is 0 Å². The monoisotopic (exact) mass is 752 g/mol. The van der Waals surface area contributed by atoms with Crippen molar-refractivity contribution in [2.45, 2.75) is 88.3 Å². The van der Waals surface area contributed by atoms with Gasteiger partial charge in [-0.05, 0) is 39.7 Å². The predicted molar refractivity (Wildman–Crippen MR) is 140 cm³/mol. The lowest BCUT2D eigenvalue weighted by molar-refractivity contribution is -0.440. The summed E-state index contributed by atoms with van der Waals surface area (Å²) in [6.07, 6.45) is -15.6. The summed E-state index contributed by atoms with van der Waals surface area (Å²) in [5.41, 5.74) is -0.514. The summed E-state index contributed by atoms with van der Waals surface area (Å²) in [7, 11) is 0. The Morgan fingerprint density at radius 2 is 1.32 bits per heavy atom. The SMILES string of the molecule is CC1=C(OC(=O)OCCCC(F)(F)C(F)(F)C(F)(F)C(F)(F)C(F)(F)C(F)(F)F)C(c2cccc([N+](=O)[O-])c2)C(OC(=O)OC(C)C)=C(C)N1. The molecule has 1 unspecified atom stereocenters. The Morgan fingerprint density at radius 1 is 0.820 bits per heavy atom. The number of allylic oxidation sites excluding steroid dienone is 2. The maximum absolute atomic E-state index is 14.1. The fourth-order valence-corrected chi connectivity index (χ4v) is 4.18. The zero-order valence-electron chi connectivity index (χ0n) is 25.7. The molecule has 0 bridgehead atoms. The van der Waals surface area contributed by atoms with Crippen LogP contribution < -0.4 is 5.32 Å². The lowest BCUT2D eigenvalue weighted by Crippen LogP contribution is -2.70. The first kappa shape index (κ1) is 41.7. The van der Waals surface area contributed by atoms with Gasteiger partial charge in [-0.15, -0.1) is 0 Å². The van der Waals surface area contributed by atoms with Crippen molar-refractivity contribution in [3.63, 3.8) is 0 Å². The van der Waals surface area contributed by atoms with E-state index in [4.69, 9.17) is 14.2 Å². The van der Waals surface area contributed by atoms with Crippen molar-refractivity contribution in [3.05, 3.63) is 62.9 Å². The number of benzene rings is 1. The molecule has 1 N–H and O–H groups in total. The normalized spacial score (nSPS) is 16.6. The minimum absolute atomic E-state index is 0.0504. The summed E-state index contributed by atoms with van der Waals surface area (Å²) < 4.78 is 193. The molecule has 0 radical (unpaired) electrons. The molecule has 1 atom stereocenters. The Hall–Kier alpha value is -4.47. The number of carbonyl (C=O) groups is 2. The maximum atomic E-state index is 14.1. The molecule has 10 nitrogen and oxygen atoms in total. The van der Waals surface area contributed by atoms with Gasteiger partial charge in [-0.1, -0.05) is 12.1 Å². The highest BCUT2D eigenvalue weighted by atomic mass is 19.4. The Labute approximate surface area is 272 Å². The third-order valence-corrected chi connectivity index (χ3v) is 6.62. The van der Waals surface area contributed by atoms with Gasteiger partial charge in [0.1, 0.15) is 17.4 Å². The van der Waals surface area contributed by atoms with E-state index in [0.29, 0.717) is 0 Å². The fraction of sp³-hybridized carbons (Fsp3) is 0.556. The van der Waals surface area contributed by atoms with Crippen molar-refractivity contribution in [1.82, 2.24) is 5.32 Å². The number of rotatable bonds is 13. The minimum atomic E-state index is -8.05. The second kappa shape index (κ2) is 14.4. The van der Waals surface area contributed by atoms with Gasteiger partial charge in [0, 0.05) is 18.6 Å². The van der Waals surface area contributed by atoms with Gasteiger partial charge in [-0.25, -0.2) is 9.59 Å². The Balaban J connectivity index is 2.28. The lowest BCUT2D eigenvalue weighted by Gasteiger charge is -2.39. The molecule has 2 rings (SSSR count). The van der Waals surface area contributed by atoms with Gasteiger partial charge in [0.25, 0.3) is 5.69 Å². The van der Waals surface area contributed by atoms with E-state index in [1.165, 1.54) is 39.8 Å². The molecule has 0 aliphatic carbocycles. The molecule has 0 amide bonds. The Bertz CT molecular complexity index is 1520. The van der Waals surface area contributed by atoms with Crippen LogP contribution in [0.5, 0.6) is 0 Å². The molecular weight excluding hydrogens is 727 g/mol. The minimum Gasteiger partial charge on any atom is -0.434 e. The number of ether oxygens (including phenoxy) is 4. The highest BCUT2D eigenvalue weighted by molar-refractivity contribution is 5.65. The third kappa shape index (κ3) is 8.11. The molecule has 0 aromatic heterocycles. The fourth-order valence-electron chi connectivity index (χ4n) is 4.18. The average Bonchev–Trinajstić information content (AvgIpc) is 2.96. The number of nitrogens with one attached hydrogen (secondary N) is 1. The number of halogens is 13. The van der Waals surface area contributed by atoms with Crippen LogP contribution in [-0.4, -0.2) is 65.7 Å². The van der Waals surface area contributed by atoms with Crippen LogP contribution in [-0.2, 0) is 18.9 Å². The van der Waals surface area contributed by atoms with E-state index in [2.05, 4.69) is 10.1 Å². The first-order valence-electron chi connectivity index (χ1n) is 13.6. The van der Waals surface area contributed by atoms with Crippen molar-refractivity contribution in [2.75, 3.05) is 6.61 Å². The van der Waals surface area contributed by atoms with E-state index in [0.717, 1.165) is 12.1 Å². The van der Waals surface area contributed by atoms with Gasteiger partial charge in [0.05, 0.1) is 29.0 Å². The van der Waals surface area contributed by atoms with Crippen LogP contribution >= 0.6 is 0 Å². The van der Waals surface area contributed by atoms with Crippen molar-refractivity contribution in [2.24, 2.45) is 0 Å². The van der Waals surface area contributed by atoms with Crippen LogP contribution in [0.4, 0.5) is 72.4 Å². The summed E-state index contributed by atoms with van der Waals surface area (Å²) >= 11 is 0. The quantitative estimate of drug-likeness (QED) is 0.0691. The zero-order chi connectivity index (χ0) is 38.8. The van der Waals surface area contributed by atoms with Crippen LogP contribution in [0.1, 0.15) is 52.0 Å². The van der Waals surface area contributed by atoms with Crippen LogP contribution in [0.3, 0.4) is 0 Å². The number of nitro groups is 1. The van der Waals surface area contributed by atoms with Crippen molar-refractivity contribution in [1.29, 1.82) is 0 Å². The number of hydrogen-bond acceptors (Lipinski definition) is 9. The van der Waals surface area contributed by atoms with Crippen LogP contribution in [0.25, 0.3) is 0 Å². The second-order valence-electron chi connectivity index (χ2n) is 10.7. The summed E-state index contributed by atoms with van der Waals surface area (Å²) in [5.74, 6) is -40.1. The highest BCUT2D eigenvalue weighted by Crippen LogP contribution is 2.60. The molecule has 1 aliphatic heterocycles. The molecule has 0 fully saturated rings. The van der Waals surface area contributed by atoms with Gasteiger partial charge in [0.2, 0.25) is 0 Å². The van der Waals surface area contributed by atoms with E-state index < -0.39 is 95.9 Å². The first-order valence-corrected chi connectivity index (χ1v) is 13.6. The molecule has 1 aromatic carbocycles. The summed E-state index contributed by atoms with van der Waals surface area (Å²) in [6, 6.07) is 4.51. The number of nitrogens with zero attached hydrogens (tertiary/aromatic N) is 1. The summed E-state index contributed by atoms with van der Waals surface area (Å²) in [4.78, 5) is 35.4. The number of carbonyl (C=O) groups excluding carboxylic acids is 2. The van der Waals surface area contributed by atoms with E-state index in [-0.39, 0.29) is 22.7 Å². The molecule has 0 saturated carbocycles. The number of dihydropyridines is 1. The van der Waals surface area contributed by atoms with Crippen molar-refractivity contribution >= 4 is 18.0 Å². The van der Waals surface area contributed by atoms with Crippen LogP contribution in [0, 0.1) is 10.1 Å². The van der Waals surface area contributed by atoms with E-state index in [1.807, 2.05) is 0 Å². The molecular formula is C27H25F13N2O8. The number of hydrogen-bond donors (Lipinski definition) is 1. The smallest absolute Gasteiger partial charge is 0.434 e. The molecule has 1 heterocycles. The van der Waals surface area contributed by atoms with Gasteiger partial charge < -0.3 is 24.3 Å². The maximum Gasteiger partial charge on any atom is 0.513 e. The third-order valence-electron chi connectivity index (χ3n) is 6.62. The Kier molecular flexibility index (Phi) is 12.0. The molecule has 23 heteroatoms. The molecule has 282 valence electrons. The van der Waals surface area contributed by atoms with Crippen LogP contribution in [0.15, 0.2) is 47.2 Å². The summed E-state index contributed by atoms with van der Waals surface area (Å²) in [5, 5.41) is 14.0. The number of alkyl halides is 13. The van der Waals surface area contributed by atoms with Gasteiger partial charge >= 0.3 is 48.1 Å². The zero-order valence-corrected chi connectivity index (χ0v) is 25.7. The molecule has 0 spiro atoms. The lowest BCUT2D eigenvalue weighted by atomic mass is 9.90. The predicted octanol–water partition coefficient (Wildman–Crippen LogP) is 8.98. The average molecular weight is 752 g/mol. The topological polar surface area (TPSA) is 126 Å². The standard InChI is InChI=1S/C27H25F13N2O8/c1-12(2)48-21(44)50-19-14(4)41-13(3)18(17(19)15-7-5-8-16(11-15)42(45)46)49-20(43)47-10-6-9-22(28,29)23(30,31)24(32,33)25(34,35)26(36,37)27(38,39)40/h5,7-8,11-12,17,41H,6,9-10H2,1-4H3. The van der Waals surface area contributed by atoms with E-state index in [9.17, 15) is 76.8 Å². The highest BCUT2D eigenvalue weighted by Gasteiger charge is 2.90. The number of nitro benzene ring substituents is 1. The van der Waals surface area contributed by atoms with E-state index >= 15 is 0 Å². The molecule has 50 heavy (non-hydrogen) atoms. The molecule has 0 saturated heterocycles. The van der Waals surface area contributed by atoms with Crippen molar-refractivity contribution < 1.29 is 90.5 Å². The van der Waals surface area contributed by atoms with Crippen molar-refractivity contribution in [3.8, 4) is 0 Å². The first-order chi connectivity index (χ1) is 22.5. The molecule has 1 aliphatic rings. The number of non-ortho nitro benzene ring substituents is 1. The van der Waals surface area contributed by atoms with Gasteiger partial charge in [-0.3, -0.25) is 10.1 Å². The Morgan fingerprint density at radius 3 is 1.80 bits per heavy atom.